The Hall–Kier alpha value is -2.53. The van der Waals surface area contributed by atoms with Crippen LogP contribution in [0, 0.1) is 0 Å². The number of hydrogen-bond acceptors (Lipinski definition) is 5. The van der Waals surface area contributed by atoms with Gasteiger partial charge < -0.3 is 15.2 Å². The first-order valence-corrected chi connectivity index (χ1v) is 11.3. The summed E-state index contributed by atoms with van der Waals surface area (Å²) in [6.07, 6.45) is 9.25. The average Bonchev–Trinajstić information content (AvgIpc) is 2.81. The predicted molar refractivity (Wildman–Crippen MR) is 117 cm³/mol. The standard InChI is InChI=1S/C25H30N2O3/c28-22(18-10-4-1-5-11-18)19-12-13-20-21(23(19)29)26-25(14-6-2-7-15-25)24(30-20)27-16-8-3-9-17-27/h1,4-5,10-13,24,26,29H,2-3,6-9,14-17H2. The van der Waals surface area contributed by atoms with Gasteiger partial charge in [-0.25, -0.2) is 0 Å². The molecule has 0 amide bonds. The number of rotatable bonds is 3. The van der Waals surface area contributed by atoms with Crippen LogP contribution < -0.4 is 10.1 Å². The first-order valence-electron chi connectivity index (χ1n) is 11.3. The van der Waals surface area contributed by atoms with Gasteiger partial charge in [0.2, 0.25) is 0 Å². The molecule has 1 unspecified atom stereocenters. The van der Waals surface area contributed by atoms with E-state index in [0.717, 1.165) is 38.8 Å². The van der Waals surface area contributed by atoms with E-state index in [1.54, 1.807) is 18.2 Å². The van der Waals surface area contributed by atoms with Crippen molar-refractivity contribution in [3.63, 3.8) is 0 Å². The second kappa shape index (κ2) is 7.95. The summed E-state index contributed by atoms with van der Waals surface area (Å²) in [6, 6.07) is 12.6. The molecule has 2 aliphatic heterocycles. The van der Waals surface area contributed by atoms with Gasteiger partial charge in [-0.3, -0.25) is 9.69 Å². The van der Waals surface area contributed by atoms with Crippen LogP contribution in [0.1, 0.15) is 67.3 Å². The zero-order valence-corrected chi connectivity index (χ0v) is 17.4. The number of ether oxygens (including phenoxy) is 1. The quantitative estimate of drug-likeness (QED) is 0.558. The number of phenols is 1. The molecule has 2 aromatic carbocycles. The first-order chi connectivity index (χ1) is 14.7. The van der Waals surface area contributed by atoms with Crippen molar-refractivity contribution in [2.24, 2.45) is 0 Å². The van der Waals surface area contributed by atoms with Crippen molar-refractivity contribution in [3.05, 3.63) is 53.6 Å². The molecule has 2 aromatic rings. The average molecular weight is 407 g/mol. The lowest BCUT2D eigenvalue weighted by Gasteiger charge is -2.52. The van der Waals surface area contributed by atoms with Crippen molar-refractivity contribution < 1.29 is 14.6 Å². The number of benzene rings is 2. The molecule has 2 N–H and O–H groups in total. The number of phenolic OH excluding ortho intramolecular Hbond substituents is 1. The number of anilines is 1. The third-order valence-electron chi connectivity index (χ3n) is 6.97. The first kappa shape index (κ1) is 19.4. The predicted octanol–water partition coefficient (Wildman–Crippen LogP) is 4.94. The molecule has 158 valence electrons. The molecule has 0 radical (unpaired) electrons. The van der Waals surface area contributed by atoms with Crippen molar-refractivity contribution in [1.82, 2.24) is 4.90 Å². The normalized spacial score (nSPS) is 23.3. The zero-order chi connectivity index (χ0) is 20.6. The van der Waals surface area contributed by atoms with E-state index < -0.39 is 0 Å². The molecule has 2 fully saturated rings. The Morgan fingerprint density at radius 3 is 2.40 bits per heavy atom. The Bertz CT molecular complexity index is 915. The molecule has 1 atom stereocenters. The van der Waals surface area contributed by atoms with Gasteiger partial charge >= 0.3 is 0 Å². The van der Waals surface area contributed by atoms with E-state index in [-0.39, 0.29) is 23.3 Å². The Morgan fingerprint density at radius 1 is 0.967 bits per heavy atom. The van der Waals surface area contributed by atoms with Gasteiger partial charge in [-0.1, -0.05) is 56.0 Å². The molecule has 5 rings (SSSR count). The van der Waals surface area contributed by atoms with Crippen LogP contribution in [-0.2, 0) is 0 Å². The van der Waals surface area contributed by atoms with Crippen molar-refractivity contribution in [3.8, 4) is 11.5 Å². The van der Waals surface area contributed by atoms with Gasteiger partial charge in [0, 0.05) is 18.7 Å². The fourth-order valence-electron chi connectivity index (χ4n) is 5.40. The summed E-state index contributed by atoms with van der Waals surface area (Å²) >= 11 is 0. The topological polar surface area (TPSA) is 61.8 Å². The molecule has 2 heterocycles. The van der Waals surface area contributed by atoms with E-state index in [9.17, 15) is 9.90 Å². The third-order valence-corrected chi connectivity index (χ3v) is 6.97. The summed E-state index contributed by atoms with van der Waals surface area (Å²) in [6.45, 7) is 2.11. The van der Waals surface area contributed by atoms with Crippen LogP contribution >= 0.6 is 0 Å². The van der Waals surface area contributed by atoms with Crippen LogP contribution in [0.15, 0.2) is 42.5 Å². The molecule has 1 saturated carbocycles. The minimum Gasteiger partial charge on any atom is -0.505 e. The van der Waals surface area contributed by atoms with E-state index in [1.807, 2.05) is 24.3 Å². The van der Waals surface area contributed by atoms with Gasteiger partial charge in [0.05, 0.1) is 11.1 Å². The summed E-state index contributed by atoms with van der Waals surface area (Å²) < 4.78 is 6.58. The number of aromatic hydroxyl groups is 1. The Kier molecular flexibility index (Phi) is 5.15. The Morgan fingerprint density at radius 2 is 1.67 bits per heavy atom. The van der Waals surface area contributed by atoms with Crippen molar-refractivity contribution in [1.29, 1.82) is 0 Å². The summed E-state index contributed by atoms with van der Waals surface area (Å²) in [5.41, 5.74) is 1.25. The number of ketones is 1. The zero-order valence-electron chi connectivity index (χ0n) is 17.4. The van der Waals surface area contributed by atoms with Crippen LogP contribution in [0.25, 0.3) is 0 Å². The lowest BCUT2D eigenvalue weighted by Crippen LogP contribution is -2.63. The van der Waals surface area contributed by atoms with Gasteiger partial charge in [0.25, 0.3) is 0 Å². The van der Waals surface area contributed by atoms with Gasteiger partial charge in [-0.15, -0.1) is 0 Å². The smallest absolute Gasteiger partial charge is 0.196 e. The molecule has 5 heteroatoms. The van der Waals surface area contributed by atoms with Crippen molar-refractivity contribution in [2.45, 2.75) is 63.1 Å². The van der Waals surface area contributed by atoms with Crippen LogP contribution in [0.4, 0.5) is 5.69 Å². The van der Waals surface area contributed by atoms with E-state index in [1.165, 1.54) is 25.7 Å². The molecule has 1 saturated heterocycles. The van der Waals surface area contributed by atoms with Crippen molar-refractivity contribution >= 4 is 11.5 Å². The fourth-order valence-corrected chi connectivity index (χ4v) is 5.40. The number of nitrogens with zero attached hydrogens (tertiary/aromatic N) is 1. The van der Waals surface area contributed by atoms with E-state index in [2.05, 4.69) is 10.2 Å². The maximum absolute atomic E-state index is 13.0. The SMILES string of the molecule is O=C(c1ccccc1)c1ccc2c(c1O)NC1(CCCCC1)C(N1CCCCC1)O2. The lowest BCUT2D eigenvalue weighted by molar-refractivity contribution is -0.0529. The molecular weight excluding hydrogens is 376 g/mol. The number of nitrogens with one attached hydrogen (secondary N) is 1. The van der Waals surface area contributed by atoms with Crippen LogP contribution in [0.5, 0.6) is 11.5 Å². The molecule has 1 aliphatic carbocycles. The molecule has 30 heavy (non-hydrogen) atoms. The van der Waals surface area contributed by atoms with E-state index >= 15 is 0 Å². The molecule has 0 bridgehead atoms. The van der Waals surface area contributed by atoms with E-state index in [4.69, 9.17) is 4.74 Å². The maximum Gasteiger partial charge on any atom is 0.196 e. The molecule has 5 nitrogen and oxygen atoms in total. The number of carbonyl (C=O) groups excluding carboxylic acids is 1. The molecule has 1 spiro atoms. The minimum absolute atomic E-state index is 0.00314. The number of hydrogen-bond donors (Lipinski definition) is 2. The second-order valence-corrected chi connectivity index (χ2v) is 8.94. The van der Waals surface area contributed by atoms with Crippen LogP contribution in [0.3, 0.4) is 0 Å². The highest BCUT2D eigenvalue weighted by Gasteiger charge is 2.48. The maximum atomic E-state index is 13.0. The monoisotopic (exact) mass is 406 g/mol. The summed E-state index contributed by atoms with van der Waals surface area (Å²) in [7, 11) is 0. The Balaban J connectivity index is 1.52. The summed E-state index contributed by atoms with van der Waals surface area (Å²) in [4.78, 5) is 15.5. The van der Waals surface area contributed by atoms with Crippen LogP contribution in [-0.4, -0.2) is 40.6 Å². The van der Waals surface area contributed by atoms with Crippen molar-refractivity contribution in [2.75, 3.05) is 18.4 Å². The molecular formula is C25H30N2O3. The highest BCUT2D eigenvalue weighted by molar-refractivity contribution is 6.12. The number of carbonyl (C=O) groups is 1. The summed E-state index contributed by atoms with van der Waals surface area (Å²) in [5.74, 6) is 0.473. The second-order valence-electron chi connectivity index (χ2n) is 8.94. The number of piperidine rings is 1. The fraction of sp³-hybridized carbons (Fsp3) is 0.480. The van der Waals surface area contributed by atoms with Gasteiger partial charge in [0.1, 0.15) is 11.4 Å². The highest BCUT2D eigenvalue weighted by atomic mass is 16.5. The Labute approximate surface area is 178 Å². The minimum atomic E-state index is -0.214. The third kappa shape index (κ3) is 3.35. The lowest BCUT2D eigenvalue weighted by atomic mass is 9.78. The summed E-state index contributed by atoms with van der Waals surface area (Å²) in [5, 5.41) is 14.8. The molecule has 0 aromatic heterocycles. The van der Waals surface area contributed by atoms with E-state index in [0.29, 0.717) is 22.6 Å². The number of fused-ring (bicyclic) bond motifs is 1. The number of likely N-dealkylation sites (tertiary alicyclic amines) is 1. The van der Waals surface area contributed by atoms with Gasteiger partial charge in [-0.2, -0.15) is 0 Å². The van der Waals surface area contributed by atoms with Gasteiger partial charge in [-0.05, 0) is 37.8 Å². The highest BCUT2D eigenvalue weighted by Crippen LogP contribution is 2.49. The molecule has 3 aliphatic rings. The van der Waals surface area contributed by atoms with Gasteiger partial charge in [0.15, 0.2) is 17.8 Å². The van der Waals surface area contributed by atoms with Crippen LogP contribution in [0.2, 0.25) is 0 Å². The largest absolute Gasteiger partial charge is 0.505 e.